The Balaban J connectivity index is 2.11. The Morgan fingerprint density at radius 3 is 2.61 bits per heavy atom. The van der Waals surface area contributed by atoms with Crippen molar-refractivity contribution in [1.82, 2.24) is 10.6 Å². The van der Waals surface area contributed by atoms with Crippen LogP contribution in [0.3, 0.4) is 0 Å². The van der Waals surface area contributed by atoms with Gasteiger partial charge in [-0.05, 0) is 12.1 Å². The molecule has 3 amide bonds. The smallest absolute Gasteiger partial charge is 0.321 e. The fourth-order valence-corrected chi connectivity index (χ4v) is 1.34. The monoisotopic (exact) mass is 270 g/mol. The van der Waals surface area contributed by atoms with Crippen molar-refractivity contribution in [3.05, 3.63) is 30.3 Å². The van der Waals surface area contributed by atoms with E-state index in [0.29, 0.717) is 13.2 Å². The topological polar surface area (TPSA) is 67.4 Å². The van der Waals surface area contributed by atoms with E-state index in [1.165, 1.54) is 0 Å². The number of para-hydroxylation sites is 1. The average molecular weight is 271 g/mol. The second-order valence-corrected chi connectivity index (χ2v) is 3.78. The lowest BCUT2D eigenvalue weighted by molar-refractivity contribution is -0.119. The summed E-state index contributed by atoms with van der Waals surface area (Å²) in [7, 11) is 0. The molecule has 0 bridgehead atoms. The minimum absolute atomic E-state index is 0.121. The van der Waals surface area contributed by atoms with Gasteiger partial charge in [0.1, 0.15) is 12.4 Å². The van der Waals surface area contributed by atoms with Crippen LogP contribution in [0.5, 0.6) is 5.75 Å². The standard InChI is InChI=1S/C12H15ClN2O3/c13-7-6-11(16)15-12(17)14-8-9-18-10-4-2-1-3-5-10/h1-5H,6-9H2,(H2,14,15,16,17). The molecule has 18 heavy (non-hydrogen) atoms. The Labute approximate surface area is 110 Å². The minimum atomic E-state index is -0.540. The van der Waals surface area contributed by atoms with E-state index in [0.717, 1.165) is 5.75 Å². The Bertz CT molecular complexity index is 384. The lowest BCUT2D eigenvalue weighted by atomic mass is 10.3. The number of carbonyl (C=O) groups excluding carboxylic acids is 2. The van der Waals surface area contributed by atoms with Gasteiger partial charge in [-0.15, -0.1) is 11.6 Å². The van der Waals surface area contributed by atoms with Crippen LogP contribution in [0.2, 0.25) is 0 Å². The molecule has 0 heterocycles. The highest BCUT2D eigenvalue weighted by molar-refractivity contribution is 6.19. The third-order valence-electron chi connectivity index (χ3n) is 1.97. The molecule has 0 saturated heterocycles. The quantitative estimate of drug-likeness (QED) is 0.608. The van der Waals surface area contributed by atoms with Crippen LogP contribution in [0.1, 0.15) is 6.42 Å². The second-order valence-electron chi connectivity index (χ2n) is 3.40. The third-order valence-corrected chi connectivity index (χ3v) is 2.16. The van der Waals surface area contributed by atoms with E-state index in [9.17, 15) is 9.59 Å². The fourth-order valence-electron chi connectivity index (χ4n) is 1.17. The molecule has 0 aromatic heterocycles. The van der Waals surface area contributed by atoms with Crippen molar-refractivity contribution in [2.45, 2.75) is 6.42 Å². The molecule has 0 fully saturated rings. The first-order valence-corrected chi connectivity index (χ1v) is 6.07. The predicted molar refractivity (Wildman–Crippen MR) is 68.8 cm³/mol. The van der Waals surface area contributed by atoms with Gasteiger partial charge in [-0.25, -0.2) is 4.79 Å². The number of ether oxygens (including phenoxy) is 1. The summed E-state index contributed by atoms with van der Waals surface area (Å²) >= 11 is 5.36. The van der Waals surface area contributed by atoms with E-state index in [2.05, 4.69) is 10.6 Å². The van der Waals surface area contributed by atoms with Gasteiger partial charge in [0.25, 0.3) is 0 Å². The molecule has 1 rings (SSSR count). The van der Waals surface area contributed by atoms with Crippen LogP contribution in [-0.4, -0.2) is 31.0 Å². The molecule has 0 spiro atoms. The zero-order valence-corrected chi connectivity index (χ0v) is 10.6. The average Bonchev–Trinajstić information content (AvgIpc) is 2.36. The van der Waals surface area contributed by atoms with E-state index in [-0.39, 0.29) is 12.3 Å². The number of halogens is 1. The number of carbonyl (C=O) groups is 2. The van der Waals surface area contributed by atoms with Crippen LogP contribution < -0.4 is 15.4 Å². The van der Waals surface area contributed by atoms with Crippen molar-refractivity contribution < 1.29 is 14.3 Å². The highest BCUT2D eigenvalue weighted by atomic mass is 35.5. The Hall–Kier alpha value is -1.75. The highest BCUT2D eigenvalue weighted by Gasteiger charge is 2.05. The molecule has 0 unspecified atom stereocenters. The van der Waals surface area contributed by atoms with Gasteiger partial charge in [-0.3, -0.25) is 10.1 Å². The molecule has 2 N–H and O–H groups in total. The highest BCUT2D eigenvalue weighted by Crippen LogP contribution is 2.07. The normalized spacial score (nSPS) is 9.61. The van der Waals surface area contributed by atoms with Crippen LogP contribution >= 0.6 is 11.6 Å². The van der Waals surface area contributed by atoms with Gasteiger partial charge in [-0.2, -0.15) is 0 Å². The van der Waals surface area contributed by atoms with E-state index >= 15 is 0 Å². The van der Waals surface area contributed by atoms with Crippen LogP contribution in [0, 0.1) is 0 Å². The van der Waals surface area contributed by atoms with Gasteiger partial charge < -0.3 is 10.1 Å². The summed E-state index contributed by atoms with van der Waals surface area (Å²) < 4.78 is 5.36. The molecule has 5 nitrogen and oxygen atoms in total. The second kappa shape index (κ2) is 8.36. The lowest BCUT2D eigenvalue weighted by Gasteiger charge is -2.07. The van der Waals surface area contributed by atoms with E-state index < -0.39 is 11.9 Å². The van der Waals surface area contributed by atoms with Crippen molar-refractivity contribution in [2.75, 3.05) is 19.0 Å². The number of benzene rings is 1. The zero-order valence-electron chi connectivity index (χ0n) is 9.82. The molecule has 0 aliphatic rings. The first kappa shape index (κ1) is 14.3. The van der Waals surface area contributed by atoms with E-state index in [1.54, 1.807) is 0 Å². The Morgan fingerprint density at radius 2 is 1.94 bits per heavy atom. The molecule has 98 valence electrons. The van der Waals surface area contributed by atoms with Gasteiger partial charge >= 0.3 is 6.03 Å². The number of imide groups is 1. The number of amides is 3. The largest absolute Gasteiger partial charge is 0.492 e. The van der Waals surface area contributed by atoms with Crippen LogP contribution in [0.25, 0.3) is 0 Å². The van der Waals surface area contributed by atoms with Crippen molar-refractivity contribution in [3.8, 4) is 5.75 Å². The summed E-state index contributed by atoms with van der Waals surface area (Å²) in [5.41, 5.74) is 0. The maximum atomic E-state index is 11.2. The summed E-state index contributed by atoms with van der Waals surface area (Å²) in [6.45, 7) is 0.649. The van der Waals surface area contributed by atoms with E-state index in [4.69, 9.17) is 16.3 Å². The maximum Gasteiger partial charge on any atom is 0.321 e. The molecular formula is C12H15ClN2O3. The Morgan fingerprint density at radius 1 is 1.22 bits per heavy atom. The number of alkyl halides is 1. The predicted octanol–water partition coefficient (Wildman–Crippen LogP) is 1.52. The van der Waals surface area contributed by atoms with Gasteiger partial charge in [0.05, 0.1) is 6.54 Å². The molecule has 0 aliphatic heterocycles. The summed E-state index contributed by atoms with van der Waals surface area (Å²) in [4.78, 5) is 22.2. The molecule has 6 heteroatoms. The number of hydrogen-bond acceptors (Lipinski definition) is 3. The van der Waals surface area contributed by atoms with Crippen LogP contribution in [0.4, 0.5) is 4.79 Å². The summed E-state index contributed by atoms with van der Waals surface area (Å²) in [5, 5.41) is 4.65. The molecule has 0 saturated carbocycles. The van der Waals surface area contributed by atoms with Gasteiger partial charge in [0.15, 0.2) is 0 Å². The van der Waals surface area contributed by atoms with E-state index in [1.807, 2.05) is 30.3 Å². The minimum Gasteiger partial charge on any atom is -0.492 e. The molecule has 0 radical (unpaired) electrons. The molecule has 1 aromatic carbocycles. The van der Waals surface area contributed by atoms with Crippen LogP contribution in [-0.2, 0) is 4.79 Å². The first-order chi connectivity index (χ1) is 8.72. The number of rotatable bonds is 6. The van der Waals surface area contributed by atoms with Gasteiger partial charge in [0.2, 0.25) is 5.91 Å². The van der Waals surface area contributed by atoms with Crippen molar-refractivity contribution in [1.29, 1.82) is 0 Å². The van der Waals surface area contributed by atoms with Crippen LogP contribution in [0.15, 0.2) is 30.3 Å². The van der Waals surface area contributed by atoms with Gasteiger partial charge in [0, 0.05) is 12.3 Å². The summed E-state index contributed by atoms with van der Waals surface area (Å²) in [6, 6.07) is 8.72. The van der Waals surface area contributed by atoms with Crippen molar-refractivity contribution in [2.24, 2.45) is 0 Å². The number of hydrogen-bond donors (Lipinski definition) is 2. The van der Waals surface area contributed by atoms with Crippen molar-refractivity contribution >= 4 is 23.5 Å². The molecular weight excluding hydrogens is 256 g/mol. The SMILES string of the molecule is O=C(CCCl)NC(=O)NCCOc1ccccc1. The summed E-state index contributed by atoms with van der Waals surface area (Å²) in [6.07, 6.45) is 0.121. The molecule has 0 aliphatic carbocycles. The molecule has 0 atom stereocenters. The van der Waals surface area contributed by atoms with Gasteiger partial charge in [-0.1, -0.05) is 18.2 Å². The maximum absolute atomic E-state index is 11.2. The summed E-state index contributed by atoms with van der Waals surface area (Å²) in [5.74, 6) is 0.528. The zero-order chi connectivity index (χ0) is 13.2. The first-order valence-electron chi connectivity index (χ1n) is 5.54. The Kier molecular flexibility index (Phi) is 6.64. The third kappa shape index (κ3) is 6.10. The number of nitrogens with one attached hydrogen (secondary N) is 2. The lowest BCUT2D eigenvalue weighted by Crippen LogP contribution is -2.41. The fraction of sp³-hybridized carbons (Fsp3) is 0.333. The van der Waals surface area contributed by atoms with Crippen molar-refractivity contribution in [3.63, 3.8) is 0 Å². The molecule has 1 aromatic rings. The number of urea groups is 1.